The smallest absolute Gasteiger partial charge is 0.240 e. The highest BCUT2D eigenvalue weighted by Crippen LogP contribution is 2.04. The van der Waals surface area contributed by atoms with Gasteiger partial charge < -0.3 is 9.84 Å². The van der Waals surface area contributed by atoms with Crippen LogP contribution in [0, 0.1) is 18.3 Å². The van der Waals surface area contributed by atoms with Gasteiger partial charge in [-0.3, -0.25) is 0 Å². The lowest BCUT2D eigenvalue weighted by Crippen LogP contribution is -2.12. The van der Waals surface area contributed by atoms with Gasteiger partial charge in [0.05, 0.1) is 18.2 Å². The Morgan fingerprint density at radius 1 is 1.41 bits per heavy atom. The number of nitrogens with one attached hydrogen (secondary N) is 1. The first-order valence-corrected chi connectivity index (χ1v) is 5.27. The second-order valence-electron chi connectivity index (χ2n) is 3.65. The van der Waals surface area contributed by atoms with Gasteiger partial charge in [0.1, 0.15) is 0 Å². The predicted octanol–water partition coefficient (Wildman–Crippen LogP) is 1.54. The summed E-state index contributed by atoms with van der Waals surface area (Å²) < 4.78 is 4.97. The number of hydrogen-bond acceptors (Lipinski definition) is 5. The van der Waals surface area contributed by atoms with Crippen LogP contribution in [0.1, 0.15) is 22.8 Å². The molecule has 0 saturated carbocycles. The largest absolute Gasteiger partial charge is 0.338 e. The summed E-state index contributed by atoms with van der Waals surface area (Å²) in [7, 11) is 0. The highest BCUT2D eigenvalue weighted by Gasteiger charge is 2.01. The Balaban J connectivity index is 1.88. The van der Waals surface area contributed by atoms with E-state index in [0.29, 0.717) is 30.4 Å². The van der Waals surface area contributed by atoms with Crippen molar-refractivity contribution in [3.8, 4) is 6.07 Å². The molecular formula is C12H12N4O. The summed E-state index contributed by atoms with van der Waals surface area (Å²) in [5.41, 5.74) is 1.72. The summed E-state index contributed by atoms with van der Waals surface area (Å²) in [4.78, 5) is 4.08. The van der Waals surface area contributed by atoms with Crippen molar-refractivity contribution in [2.24, 2.45) is 0 Å². The Morgan fingerprint density at radius 2 is 2.29 bits per heavy atom. The fraction of sp³-hybridized carbons (Fsp3) is 0.250. The fourth-order valence-corrected chi connectivity index (χ4v) is 1.48. The molecule has 0 radical (unpaired) electrons. The van der Waals surface area contributed by atoms with Crippen LogP contribution in [0.2, 0.25) is 0 Å². The molecule has 0 atom stereocenters. The van der Waals surface area contributed by atoms with Gasteiger partial charge in [0, 0.05) is 6.54 Å². The molecule has 0 unspecified atom stereocenters. The maximum Gasteiger partial charge on any atom is 0.240 e. The van der Waals surface area contributed by atoms with Crippen LogP contribution in [0.4, 0.5) is 0 Å². The first kappa shape index (κ1) is 11.3. The Bertz CT molecular complexity index is 541. The van der Waals surface area contributed by atoms with E-state index in [1.165, 1.54) is 0 Å². The van der Waals surface area contributed by atoms with Crippen molar-refractivity contribution in [1.29, 1.82) is 5.26 Å². The highest BCUT2D eigenvalue weighted by molar-refractivity contribution is 5.32. The van der Waals surface area contributed by atoms with E-state index in [4.69, 9.17) is 9.78 Å². The average molecular weight is 228 g/mol. The molecule has 0 fully saturated rings. The summed E-state index contributed by atoms with van der Waals surface area (Å²) in [5.74, 6) is 1.20. The Labute approximate surface area is 99.1 Å². The second kappa shape index (κ2) is 5.23. The average Bonchev–Trinajstić information content (AvgIpc) is 2.75. The molecule has 17 heavy (non-hydrogen) atoms. The fourth-order valence-electron chi connectivity index (χ4n) is 1.48. The van der Waals surface area contributed by atoms with Crippen molar-refractivity contribution < 1.29 is 4.52 Å². The van der Waals surface area contributed by atoms with Crippen molar-refractivity contribution in [2.75, 3.05) is 0 Å². The topological polar surface area (TPSA) is 74.7 Å². The van der Waals surface area contributed by atoms with E-state index in [0.717, 1.165) is 5.56 Å². The van der Waals surface area contributed by atoms with Crippen LogP contribution in [0.15, 0.2) is 28.8 Å². The molecule has 0 saturated heterocycles. The van der Waals surface area contributed by atoms with Gasteiger partial charge in [-0.1, -0.05) is 17.3 Å². The summed E-state index contributed by atoms with van der Waals surface area (Å²) in [6.45, 7) is 2.97. The molecule has 0 aliphatic heterocycles. The highest BCUT2D eigenvalue weighted by atomic mass is 16.5. The number of nitrogens with zero attached hydrogens (tertiary/aromatic N) is 3. The molecule has 1 aromatic carbocycles. The number of nitriles is 1. The monoisotopic (exact) mass is 228 g/mol. The molecule has 1 heterocycles. The molecule has 5 nitrogen and oxygen atoms in total. The van der Waals surface area contributed by atoms with Crippen molar-refractivity contribution in [3.05, 3.63) is 47.1 Å². The minimum absolute atomic E-state index is 0.525. The Kier molecular flexibility index (Phi) is 3.48. The Morgan fingerprint density at radius 3 is 3.00 bits per heavy atom. The van der Waals surface area contributed by atoms with Gasteiger partial charge in [-0.25, -0.2) is 0 Å². The van der Waals surface area contributed by atoms with Crippen molar-refractivity contribution in [1.82, 2.24) is 15.5 Å². The minimum Gasteiger partial charge on any atom is -0.338 e. The van der Waals surface area contributed by atoms with Crippen molar-refractivity contribution in [3.63, 3.8) is 0 Å². The van der Waals surface area contributed by atoms with Gasteiger partial charge in [-0.2, -0.15) is 10.2 Å². The Hall–Kier alpha value is -2.19. The SMILES string of the molecule is Cc1noc(CNCc2cccc(C#N)c2)n1. The van der Waals surface area contributed by atoms with Gasteiger partial charge in [-0.05, 0) is 24.6 Å². The third-order valence-electron chi connectivity index (χ3n) is 2.23. The van der Waals surface area contributed by atoms with Crippen molar-refractivity contribution in [2.45, 2.75) is 20.0 Å². The lowest BCUT2D eigenvalue weighted by atomic mass is 10.1. The van der Waals surface area contributed by atoms with E-state index in [2.05, 4.69) is 21.5 Å². The summed E-state index contributed by atoms with van der Waals surface area (Å²) in [5, 5.41) is 15.6. The van der Waals surface area contributed by atoms with Crippen LogP contribution in [-0.2, 0) is 13.1 Å². The molecule has 1 N–H and O–H groups in total. The van der Waals surface area contributed by atoms with Gasteiger partial charge in [0.2, 0.25) is 5.89 Å². The zero-order valence-electron chi connectivity index (χ0n) is 9.47. The maximum atomic E-state index is 8.76. The first-order chi connectivity index (χ1) is 8.28. The van der Waals surface area contributed by atoms with Crippen LogP contribution in [-0.4, -0.2) is 10.1 Å². The van der Waals surface area contributed by atoms with Crippen LogP contribution in [0.5, 0.6) is 0 Å². The van der Waals surface area contributed by atoms with Gasteiger partial charge >= 0.3 is 0 Å². The van der Waals surface area contributed by atoms with Crippen LogP contribution in [0.25, 0.3) is 0 Å². The van der Waals surface area contributed by atoms with Crippen LogP contribution < -0.4 is 5.32 Å². The summed E-state index contributed by atoms with van der Waals surface area (Å²) in [6, 6.07) is 9.58. The van der Waals surface area contributed by atoms with Crippen molar-refractivity contribution >= 4 is 0 Å². The minimum atomic E-state index is 0.525. The molecule has 0 bridgehead atoms. The lowest BCUT2D eigenvalue weighted by Gasteiger charge is -2.02. The van der Waals surface area contributed by atoms with E-state index in [1.54, 1.807) is 13.0 Å². The lowest BCUT2D eigenvalue weighted by molar-refractivity contribution is 0.364. The quantitative estimate of drug-likeness (QED) is 0.859. The zero-order valence-corrected chi connectivity index (χ0v) is 9.47. The van der Waals surface area contributed by atoms with Gasteiger partial charge in [0.25, 0.3) is 0 Å². The standard InChI is InChI=1S/C12H12N4O/c1-9-15-12(17-16-9)8-14-7-11-4-2-3-10(5-11)6-13/h2-5,14H,7-8H2,1H3. The molecule has 5 heteroatoms. The van der Waals surface area contributed by atoms with Gasteiger partial charge in [0.15, 0.2) is 5.82 Å². The zero-order chi connectivity index (χ0) is 12.1. The third kappa shape index (κ3) is 3.13. The van der Waals surface area contributed by atoms with E-state index in [1.807, 2.05) is 18.2 Å². The van der Waals surface area contributed by atoms with Gasteiger partial charge in [-0.15, -0.1) is 0 Å². The summed E-state index contributed by atoms with van der Waals surface area (Å²) in [6.07, 6.45) is 0. The summed E-state index contributed by atoms with van der Waals surface area (Å²) >= 11 is 0. The first-order valence-electron chi connectivity index (χ1n) is 5.27. The van der Waals surface area contributed by atoms with E-state index < -0.39 is 0 Å². The molecule has 0 aliphatic rings. The molecule has 2 aromatic rings. The van der Waals surface area contributed by atoms with E-state index in [-0.39, 0.29) is 0 Å². The van der Waals surface area contributed by atoms with Crippen LogP contribution >= 0.6 is 0 Å². The molecule has 0 amide bonds. The normalized spacial score (nSPS) is 10.1. The number of hydrogen-bond donors (Lipinski definition) is 1. The molecule has 2 rings (SSSR count). The van der Waals surface area contributed by atoms with E-state index >= 15 is 0 Å². The second-order valence-corrected chi connectivity index (χ2v) is 3.65. The third-order valence-corrected chi connectivity index (χ3v) is 2.23. The van der Waals surface area contributed by atoms with Crippen LogP contribution in [0.3, 0.4) is 0 Å². The molecule has 1 aromatic heterocycles. The number of rotatable bonds is 4. The molecule has 0 aliphatic carbocycles. The van der Waals surface area contributed by atoms with E-state index in [9.17, 15) is 0 Å². The maximum absolute atomic E-state index is 8.76. The predicted molar refractivity (Wildman–Crippen MR) is 60.7 cm³/mol. The number of aromatic nitrogens is 2. The molecule has 86 valence electrons. The molecule has 0 spiro atoms. The number of aryl methyl sites for hydroxylation is 1. The number of benzene rings is 1. The molecular weight excluding hydrogens is 216 g/mol.